The summed E-state index contributed by atoms with van der Waals surface area (Å²) in [6.45, 7) is 0. The fourth-order valence-electron chi connectivity index (χ4n) is 2.46. The summed E-state index contributed by atoms with van der Waals surface area (Å²) in [5.41, 5.74) is -1.03. The van der Waals surface area contributed by atoms with Crippen LogP contribution in [0.2, 0.25) is 0 Å². The molecule has 0 saturated heterocycles. The van der Waals surface area contributed by atoms with Gasteiger partial charge in [-0.3, -0.25) is 9.59 Å². The van der Waals surface area contributed by atoms with Crippen LogP contribution in [-0.4, -0.2) is 37.1 Å². The Balaban J connectivity index is 2.35. The number of carbonyl (C=O) groups is 2. The first-order chi connectivity index (χ1) is 10.8. The molecule has 1 aliphatic rings. The second-order valence-corrected chi connectivity index (χ2v) is 4.93. The molecule has 5 N–H and O–H groups in total. The number of benzene rings is 2. The van der Waals surface area contributed by atoms with E-state index in [1.165, 1.54) is 6.07 Å². The minimum Gasteiger partial charge on any atom is -0.507 e. The molecule has 2 aromatic rings. The van der Waals surface area contributed by atoms with Crippen LogP contribution in [0.4, 0.5) is 0 Å². The summed E-state index contributed by atoms with van der Waals surface area (Å²) in [5.74, 6) is -4.65. The zero-order valence-corrected chi connectivity index (χ0v) is 11.4. The summed E-state index contributed by atoms with van der Waals surface area (Å²) in [6, 6.07) is 3.23. The van der Waals surface area contributed by atoms with Gasteiger partial charge in [-0.05, 0) is 30.4 Å². The highest BCUT2D eigenvalue weighted by atomic mass is 16.3. The molecule has 0 atom stereocenters. The maximum Gasteiger partial charge on any atom is 0.200 e. The summed E-state index contributed by atoms with van der Waals surface area (Å²) in [5, 5.41) is 49.1. The number of carbonyl (C=O) groups excluding carboxylic acids is 2. The van der Waals surface area contributed by atoms with Crippen LogP contribution in [0.1, 0.15) is 20.7 Å². The number of aromatic hydroxyl groups is 5. The standard InChI is InChI=1S/C16H10O7/c17-8-3-4-9(18)13-12(8)11(20)5-7(14(13)21)6-1-2-10(19)16(23)15(6)22/h1-5,19-23H. The van der Waals surface area contributed by atoms with Crippen molar-refractivity contribution in [2.75, 3.05) is 0 Å². The SMILES string of the molecule is O=C1C=CC(=O)c2c(O)c(-c3ccc(O)c(O)c3O)cc(O)c21. The molecule has 0 saturated carbocycles. The van der Waals surface area contributed by atoms with Gasteiger partial charge in [-0.1, -0.05) is 0 Å². The third kappa shape index (κ3) is 1.98. The van der Waals surface area contributed by atoms with Crippen molar-refractivity contribution < 1.29 is 35.1 Å². The van der Waals surface area contributed by atoms with Gasteiger partial charge in [-0.2, -0.15) is 0 Å². The second kappa shape index (κ2) is 4.77. The van der Waals surface area contributed by atoms with Crippen molar-refractivity contribution in [1.29, 1.82) is 0 Å². The van der Waals surface area contributed by atoms with Crippen molar-refractivity contribution in [1.82, 2.24) is 0 Å². The summed E-state index contributed by atoms with van der Waals surface area (Å²) in [4.78, 5) is 23.7. The molecule has 7 nitrogen and oxygen atoms in total. The Morgan fingerprint density at radius 1 is 0.609 bits per heavy atom. The normalized spacial score (nSPS) is 13.2. The van der Waals surface area contributed by atoms with Crippen LogP contribution < -0.4 is 0 Å². The minimum atomic E-state index is -0.818. The van der Waals surface area contributed by atoms with Crippen LogP contribution in [0.25, 0.3) is 11.1 Å². The van der Waals surface area contributed by atoms with E-state index < -0.39 is 40.3 Å². The zero-order chi connectivity index (χ0) is 16.9. The Labute approximate surface area is 129 Å². The predicted octanol–water partition coefficient (Wildman–Crippen LogP) is 1.82. The van der Waals surface area contributed by atoms with Gasteiger partial charge in [-0.25, -0.2) is 0 Å². The van der Waals surface area contributed by atoms with E-state index in [0.29, 0.717) is 0 Å². The van der Waals surface area contributed by atoms with Gasteiger partial charge in [-0.15, -0.1) is 0 Å². The number of rotatable bonds is 1. The number of fused-ring (bicyclic) bond motifs is 1. The maximum atomic E-state index is 11.9. The molecule has 0 bridgehead atoms. The van der Waals surface area contributed by atoms with Gasteiger partial charge >= 0.3 is 0 Å². The maximum absolute atomic E-state index is 11.9. The first-order valence-corrected chi connectivity index (χ1v) is 6.42. The topological polar surface area (TPSA) is 135 Å². The number of phenols is 5. The molecule has 1 aliphatic carbocycles. The lowest BCUT2D eigenvalue weighted by Gasteiger charge is -2.17. The molecule has 0 radical (unpaired) electrons. The Morgan fingerprint density at radius 3 is 1.87 bits per heavy atom. The molecular weight excluding hydrogens is 304 g/mol. The van der Waals surface area contributed by atoms with Gasteiger partial charge in [0.15, 0.2) is 23.1 Å². The van der Waals surface area contributed by atoms with Gasteiger partial charge < -0.3 is 25.5 Å². The first-order valence-electron chi connectivity index (χ1n) is 6.42. The Morgan fingerprint density at radius 2 is 1.22 bits per heavy atom. The summed E-state index contributed by atoms with van der Waals surface area (Å²) in [6.07, 6.45) is 1.94. The van der Waals surface area contributed by atoms with Crippen molar-refractivity contribution in [3.05, 3.63) is 41.5 Å². The number of ketones is 2. The molecule has 3 rings (SSSR count). The highest BCUT2D eigenvalue weighted by Gasteiger charge is 2.29. The Hall–Kier alpha value is -3.48. The molecule has 0 fully saturated rings. The van der Waals surface area contributed by atoms with Crippen molar-refractivity contribution in [2.45, 2.75) is 0 Å². The fourth-order valence-corrected chi connectivity index (χ4v) is 2.46. The lowest BCUT2D eigenvalue weighted by Crippen LogP contribution is -2.12. The molecule has 2 aromatic carbocycles. The number of hydrogen-bond acceptors (Lipinski definition) is 7. The van der Waals surface area contributed by atoms with Gasteiger partial charge in [0.1, 0.15) is 11.5 Å². The van der Waals surface area contributed by atoms with E-state index in [1.54, 1.807) is 0 Å². The highest BCUT2D eigenvalue weighted by molar-refractivity contribution is 6.25. The van der Waals surface area contributed by atoms with Crippen LogP contribution in [-0.2, 0) is 0 Å². The van der Waals surface area contributed by atoms with E-state index >= 15 is 0 Å². The summed E-state index contributed by atoms with van der Waals surface area (Å²) < 4.78 is 0. The van der Waals surface area contributed by atoms with Crippen LogP contribution in [0.5, 0.6) is 28.7 Å². The number of allylic oxidation sites excluding steroid dienone is 2. The van der Waals surface area contributed by atoms with Gasteiger partial charge in [0.25, 0.3) is 0 Å². The third-order valence-corrected chi connectivity index (χ3v) is 3.58. The molecule has 7 heteroatoms. The fraction of sp³-hybridized carbons (Fsp3) is 0. The molecule has 0 aromatic heterocycles. The molecule has 0 unspecified atom stereocenters. The lowest BCUT2D eigenvalue weighted by atomic mass is 9.88. The smallest absolute Gasteiger partial charge is 0.200 e. The molecule has 0 heterocycles. The summed E-state index contributed by atoms with van der Waals surface area (Å²) >= 11 is 0. The Bertz CT molecular complexity index is 909. The third-order valence-electron chi connectivity index (χ3n) is 3.58. The predicted molar refractivity (Wildman–Crippen MR) is 78.0 cm³/mol. The monoisotopic (exact) mass is 314 g/mol. The van der Waals surface area contributed by atoms with Crippen LogP contribution in [0.15, 0.2) is 30.4 Å². The van der Waals surface area contributed by atoms with Gasteiger partial charge in [0, 0.05) is 11.1 Å². The molecule has 0 spiro atoms. The van der Waals surface area contributed by atoms with Crippen LogP contribution >= 0.6 is 0 Å². The second-order valence-electron chi connectivity index (χ2n) is 4.93. The van der Waals surface area contributed by atoms with Crippen molar-refractivity contribution in [3.8, 4) is 39.9 Å². The highest BCUT2D eigenvalue weighted by Crippen LogP contribution is 2.48. The van der Waals surface area contributed by atoms with E-state index in [9.17, 15) is 35.1 Å². The largest absolute Gasteiger partial charge is 0.507 e. The van der Waals surface area contributed by atoms with Gasteiger partial charge in [0.2, 0.25) is 5.75 Å². The molecule has 0 aliphatic heterocycles. The molecule has 116 valence electrons. The Kier molecular flexibility index (Phi) is 3.00. The molecule has 0 amide bonds. The van der Waals surface area contributed by atoms with Crippen LogP contribution in [0, 0.1) is 0 Å². The average molecular weight is 314 g/mol. The van der Waals surface area contributed by atoms with Crippen molar-refractivity contribution >= 4 is 11.6 Å². The lowest BCUT2D eigenvalue weighted by molar-refractivity contribution is 0.0989. The quantitative estimate of drug-likeness (QED) is 0.400. The van der Waals surface area contributed by atoms with Crippen molar-refractivity contribution in [2.24, 2.45) is 0 Å². The molecule has 23 heavy (non-hydrogen) atoms. The molecular formula is C16H10O7. The first kappa shape index (κ1) is 14.5. The van der Waals surface area contributed by atoms with Gasteiger partial charge in [0.05, 0.1) is 11.1 Å². The average Bonchev–Trinajstić information content (AvgIpc) is 2.51. The zero-order valence-electron chi connectivity index (χ0n) is 11.4. The number of phenolic OH excluding ortho intramolecular Hbond substituents is 5. The summed E-state index contributed by atoms with van der Waals surface area (Å²) in [7, 11) is 0. The van der Waals surface area contributed by atoms with E-state index in [-0.39, 0.29) is 22.3 Å². The van der Waals surface area contributed by atoms with Crippen LogP contribution in [0.3, 0.4) is 0 Å². The van der Waals surface area contributed by atoms with E-state index in [0.717, 1.165) is 24.3 Å². The number of hydrogen-bond donors (Lipinski definition) is 5. The minimum absolute atomic E-state index is 0.134. The van der Waals surface area contributed by atoms with E-state index in [1.807, 2.05) is 0 Å². The van der Waals surface area contributed by atoms with E-state index in [4.69, 9.17) is 0 Å². The van der Waals surface area contributed by atoms with Crippen molar-refractivity contribution in [3.63, 3.8) is 0 Å². The van der Waals surface area contributed by atoms with E-state index in [2.05, 4.69) is 0 Å².